The van der Waals surface area contributed by atoms with E-state index in [0.717, 1.165) is 44.8 Å². The summed E-state index contributed by atoms with van der Waals surface area (Å²) in [5, 5.41) is 5.89. The summed E-state index contributed by atoms with van der Waals surface area (Å²) in [7, 11) is 0. The zero-order valence-corrected chi connectivity index (χ0v) is 21.5. The summed E-state index contributed by atoms with van der Waals surface area (Å²) in [6.45, 7) is 0. The molecule has 0 amide bonds. The Morgan fingerprint density at radius 1 is 0.500 bits per heavy atom. The van der Waals surface area contributed by atoms with Crippen LogP contribution in [0.25, 0.3) is 71.6 Å². The predicted molar refractivity (Wildman–Crippen MR) is 165 cm³/mol. The molecular weight excluding hydrogens is 488 g/mol. The Hall–Kier alpha value is -5.41. The molecule has 0 saturated heterocycles. The molecule has 0 saturated carbocycles. The van der Waals surface area contributed by atoms with Gasteiger partial charge in [-0.25, -0.2) is 4.98 Å². The van der Waals surface area contributed by atoms with Gasteiger partial charge < -0.3 is 4.74 Å². The molecule has 0 N–H and O–H groups in total. The van der Waals surface area contributed by atoms with E-state index in [1.807, 2.05) is 0 Å². The Bertz CT molecular complexity index is 2290. The molecule has 6 aromatic carbocycles. The normalized spacial score (nSPS) is 12.2. The zero-order chi connectivity index (χ0) is 26.2. The molecule has 0 bridgehead atoms. The average molecular weight is 511 g/mol. The first-order valence-corrected chi connectivity index (χ1v) is 13.6. The maximum Gasteiger partial charge on any atom is 0.138 e. The first-order valence-electron chi connectivity index (χ1n) is 13.6. The number of hydrogen-bond acceptors (Lipinski definition) is 2. The van der Waals surface area contributed by atoms with Crippen molar-refractivity contribution in [3.05, 3.63) is 133 Å². The van der Waals surface area contributed by atoms with Crippen LogP contribution in [0, 0.1) is 0 Å². The van der Waals surface area contributed by atoms with Gasteiger partial charge >= 0.3 is 0 Å². The number of fused-ring (bicyclic) bond motifs is 6. The maximum absolute atomic E-state index is 6.57. The van der Waals surface area contributed by atoms with E-state index in [4.69, 9.17) is 9.72 Å². The number of nitrogens with zero attached hydrogens (tertiary/aromatic N) is 2. The van der Waals surface area contributed by atoms with Crippen LogP contribution in [0.4, 0.5) is 0 Å². The number of pyridine rings is 1. The highest BCUT2D eigenvalue weighted by molar-refractivity contribution is 6.14. The predicted octanol–water partition coefficient (Wildman–Crippen LogP) is 9.92. The molecule has 1 aliphatic rings. The van der Waals surface area contributed by atoms with Crippen molar-refractivity contribution in [2.24, 2.45) is 0 Å². The number of hydrogen-bond donors (Lipinski definition) is 0. The van der Waals surface area contributed by atoms with E-state index in [2.05, 4.69) is 138 Å². The van der Waals surface area contributed by atoms with Gasteiger partial charge in [0.05, 0.1) is 16.6 Å². The Labute approximate surface area is 230 Å². The fourth-order valence-corrected chi connectivity index (χ4v) is 6.40. The minimum Gasteiger partial charge on any atom is -0.456 e. The molecule has 0 spiro atoms. The summed E-state index contributed by atoms with van der Waals surface area (Å²) >= 11 is 0. The molecule has 0 aliphatic carbocycles. The van der Waals surface area contributed by atoms with E-state index in [9.17, 15) is 0 Å². The van der Waals surface area contributed by atoms with Crippen LogP contribution in [0.1, 0.15) is 0 Å². The highest BCUT2D eigenvalue weighted by atomic mass is 16.5. The van der Waals surface area contributed by atoms with Crippen molar-refractivity contribution in [2.45, 2.75) is 0 Å². The second kappa shape index (κ2) is 8.05. The van der Waals surface area contributed by atoms with E-state index in [1.54, 1.807) is 0 Å². The van der Waals surface area contributed by atoms with Crippen molar-refractivity contribution < 1.29 is 4.74 Å². The van der Waals surface area contributed by atoms with Gasteiger partial charge in [-0.3, -0.25) is 4.57 Å². The lowest BCUT2D eigenvalue weighted by Crippen LogP contribution is -2.01. The Balaban J connectivity index is 1.38. The number of rotatable bonds is 2. The lowest BCUT2D eigenvalue weighted by molar-refractivity contribution is 0.487. The fraction of sp³-hybridized carbons (Fsp3) is 0. The number of ether oxygens (including phenoxy) is 1. The summed E-state index contributed by atoms with van der Waals surface area (Å²) in [5.41, 5.74) is 7.85. The van der Waals surface area contributed by atoms with Crippen molar-refractivity contribution in [2.75, 3.05) is 0 Å². The third-order valence-electron chi connectivity index (χ3n) is 8.17. The van der Waals surface area contributed by atoms with E-state index in [1.165, 1.54) is 38.2 Å². The number of benzene rings is 6. The highest BCUT2D eigenvalue weighted by Gasteiger charge is 2.23. The monoisotopic (exact) mass is 510 g/mol. The van der Waals surface area contributed by atoms with Crippen LogP contribution in [0.15, 0.2) is 133 Å². The van der Waals surface area contributed by atoms with Crippen molar-refractivity contribution in [3.8, 4) is 39.6 Å². The van der Waals surface area contributed by atoms with Crippen LogP contribution in [0.2, 0.25) is 0 Å². The van der Waals surface area contributed by atoms with Gasteiger partial charge in [-0.2, -0.15) is 0 Å². The first kappa shape index (κ1) is 21.5. The molecule has 8 aromatic rings. The van der Waals surface area contributed by atoms with Gasteiger partial charge in [0.15, 0.2) is 0 Å². The molecule has 0 radical (unpaired) electrons. The Kier molecular flexibility index (Phi) is 4.33. The van der Waals surface area contributed by atoms with Gasteiger partial charge in [0.1, 0.15) is 17.3 Å². The summed E-state index contributed by atoms with van der Waals surface area (Å²) in [6.07, 6.45) is 0. The van der Waals surface area contributed by atoms with E-state index < -0.39 is 0 Å². The molecule has 0 atom stereocenters. The average Bonchev–Trinajstić information content (AvgIpc) is 3.33. The summed E-state index contributed by atoms with van der Waals surface area (Å²) in [4.78, 5) is 5.21. The Morgan fingerprint density at radius 3 is 2.17 bits per heavy atom. The summed E-state index contributed by atoms with van der Waals surface area (Å²) in [5.74, 6) is 2.66. The maximum atomic E-state index is 6.57. The van der Waals surface area contributed by atoms with Gasteiger partial charge in [-0.15, -0.1) is 0 Å². The molecule has 3 nitrogen and oxygen atoms in total. The van der Waals surface area contributed by atoms with E-state index in [-0.39, 0.29) is 0 Å². The third-order valence-corrected chi connectivity index (χ3v) is 8.17. The quantitative estimate of drug-likeness (QED) is 0.231. The zero-order valence-electron chi connectivity index (χ0n) is 21.5. The lowest BCUT2D eigenvalue weighted by Gasteiger charge is -2.21. The molecule has 1 aliphatic heterocycles. The van der Waals surface area contributed by atoms with Crippen LogP contribution in [-0.2, 0) is 0 Å². The molecule has 2 aromatic heterocycles. The highest BCUT2D eigenvalue weighted by Crippen LogP contribution is 2.49. The van der Waals surface area contributed by atoms with Crippen LogP contribution in [-0.4, -0.2) is 9.55 Å². The van der Waals surface area contributed by atoms with Gasteiger partial charge in [0.25, 0.3) is 0 Å². The van der Waals surface area contributed by atoms with E-state index in [0.29, 0.717) is 0 Å². The molecular formula is C37H22N2O. The third kappa shape index (κ3) is 2.97. The van der Waals surface area contributed by atoms with Gasteiger partial charge in [-0.1, -0.05) is 97.1 Å². The summed E-state index contributed by atoms with van der Waals surface area (Å²) < 4.78 is 8.86. The topological polar surface area (TPSA) is 27.1 Å². The lowest BCUT2D eigenvalue weighted by atomic mass is 9.93. The molecule has 40 heavy (non-hydrogen) atoms. The molecule has 3 heteroatoms. The smallest absolute Gasteiger partial charge is 0.138 e. The van der Waals surface area contributed by atoms with Crippen molar-refractivity contribution >= 4 is 43.5 Å². The van der Waals surface area contributed by atoms with Gasteiger partial charge in [0, 0.05) is 33.2 Å². The second-order valence-electron chi connectivity index (χ2n) is 10.4. The van der Waals surface area contributed by atoms with Crippen LogP contribution < -0.4 is 4.74 Å². The SMILES string of the molecule is c1ccc(-c2cc(-n3c4ccccc4c4cc5c(cc43)Oc3cccc4cccc-5c34)nc3ccccc23)cc1. The van der Waals surface area contributed by atoms with Crippen molar-refractivity contribution in [3.63, 3.8) is 0 Å². The first-order chi connectivity index (χ1) is 19.8. The molecule has 3 heterocycles. The van der Waals surface area contributed by atoms with Crippen LogP contribution in [0.5, 0.6) is 11.5 Å². The standard InChI is InChI=1S/C37H22N2O/c1-2-10-23(11-3-1)28-21-36(38-31-17-6-4-14-25(28)31)39-32-18-7-5-15-26(32)29-20-30-27-16-8-12-24-13-9-19-34(37(24)27)40-35(30)22-33(29)39/h1-22H. The summed E-state index contributed by atoms with van der Waals surface area (Å²) in [6, 6.07) is 47.0. The molecule has 9 rings (SSSR count). The minimum atomic E-state index is 0.867. The molecule has 186 valence electrons. The van der Waals surface area contributed by atoms with Crippen LogP contribution >= 0.6 is 0 Å². The Morgan fingerprint density at radius 2 is 1.27 bits per heavy atom. The largest absolute Gasteiger partial charge is 0.456 e. The van der Waals surface area contributed by atoms with E-state index >= 15 is 0 Å². The minimum absolute atomic E-state index is 0.867. The van der Waals surface area contributed by atoms with Crippen LogP contribution in [0.3, 0.4) is 0 Å². The van der Waals surface area contributed by atoms with Crippen molar-refractivity contribution in [1.29, 1.82) is 0 Å². The number of para-hydroxylation sites is 2. The molecule has 0 fully saturated rings. The van der Waals surface area contributed by atoms with Gasteiger partial charge in [-0.05, 0) is 52.4 Å². The fourth-order valence-electron chi connectivity index (χ4n) is 6.40. The second-order valence-corrected chi connectivity index (χ2v) is 10.4. The number of aromatic nitrogens is 2. The van der Waals surface area contributed by atoms with Gasteiger partial charge in [0.2, 0.25) is 0 Å². The molecule has 0 unspecified atom stereocenters. The van der Waals surface area contributed by atoms with Crippen molar-refractivity contribution in [1.82, 2.24) is 9.55 Å².